The molecule has 2 saturated heterocycles. The van der Waals surface area contributed by atoms with Crippen molar-refractivity contribution in [1.29, 1.82) is 0 Å². The number of hydrogen-bond donors (Lipinski definition) is 1. The zero-order chi connectivity index (χ0) is 5.40. The Bertz CT molecular complexity index is 77.3. The van der Waals surface area contributed by atoms with Crippen LogP contribution in [0.5, 0.6) is 0 Å². The van der Waals surface area contributed by atoms with E-state index in [2.05, 4.69) is 5.64 Å². The molecule has 2 atom stereocenters. The Morgan fingerprint density at radius 1 is 1.38 bits per heavy atom. The van der Waals surface area contributed by atoms with Crippen molar-refractivity contribution in [2.75, 3.05) is 6.61 Å². The van der Waals surface area contributed by atoms with Gasteiger partial charge in [-0.3, -0.25) is 4.84 Å². The maximum atomic E-state index is 5.07. The van der Waals surface area contributed by atoms with E-state index in [1.54, 1.807) is 0 Å². The molecule has 0 amide bonds. The molecule has 2 unspecified atom stereocenters. The molecule has 0 saturated carbocycles. The van der Waals surface area contributed by atoms with E-state index in [-0.39, 0.29) is 12.4 Å². The van der Waals surface area contributed by atoms with E-state index in [0.717, 1.165) is 13.0 Å². The molecule has 2 rings (SSSR count). The average molecular weight is 117 g/mol. The third-order valence-electron chi connectivity index (χ3n) is 1.35. The molecule has 0 aromatic rings. The van der Waals surface area contributed by atoms with Gasteiger partial charge in [-0.2, -0.15) is 0 Å². The second-order valence-corrected chi connectivity index (χ2v) is 1.89. The topological polar surface area (TPSA) is 39.7 Å². The predicted molar refractivity (Wildman–Crippen MR) is 23.5 cm³/mol. The second-order valence-electron chi connectivity index (χ2n) is 1.89. The van der Waals surface area contributed by atoms with Crippen molar-refractivity contribution in [3.8, 4) is 0 Å². The standard InChI is InChI=1S/C4H7NO3/c1-2-6-4-3(1)7-5-8-4/h3-5H,1-2H2. The van der Waals surface area contributed by atoms with Gasteiger partial charge in [-0.25, -0.2) is 4.84 Å². The van der Waals surface area contributed by atoms with Crippen molar-refractivity contribution in [3.63, 3.8) is 0 Å². The lowest BCUT2D eigenvalue weighted by atomic mass is 10.3. The molecule has 0 bridgehead atoms. The minimum Gasteiger partial charge on any atom is -0.348 e. The molecule has 0 aromatic carbocycles. The minimum atomic E-state index is -0.157. The molecule has 0 aliphatic carbocycles. The molecule has 2 heterocycles. The molecule has 0 spiro atoms. The van der Waals surface area contributed by atoms with Crippen LogP contribution < -0.4 is 5.64 Å². The molecule has 0 radical (unpaired) electrons. The molecule has 2 fully saturated rings. The van der Waals surface area contributed by atoms with Gasteiger partial charge in [0.15, 0.2) is 0 Å². The molecule has 4 nitrogen and oxygen atoms in total. The van der Waals surface area contributed by atoms with Gasteiger partial charge in [0.25, 0.3) is 0 Å². The first kappa shape index (κ1) is 4.69. The molecule has 1 N–H and O–H groups in total. The summed E-state index contributed by atoms with van der Waals surface area (Å²) in [4.78, 5) is 9.66. The lowest BCUT2D eigenvalue weighted by Crippen LogP contribution is -2.15. The monoisotopic (exact) mass is 117 g/mol. The van der Waals surface area contributed by atoms with Gasteiger partial charge in [-0.1, -0.05) is 5.64 Å². The van der Waals surface area contributed by atoms with Crippen LogP contribution in [0.1, 0.15) is 6.42 Å². The zero-order valence-corrected chi connectivity index (χ0v) is 4.29. The van der Waals surface area contributed by atoms with Crippen molar-refractivity contribution in [1.82, 2.24) is 5.64 Å². The van der Waals surface area contributed by atoms with Crippen LogP contribution in [0, 0.1) is 0 Å². The molecular formula is C4H7NO3. The number of ether oxygens (including phenoxy) is 1. The van der Waals surface area contributed by atoms with Crippen LogP contribution in [0.15, 0.2) is 0 Å². The van der Waals surface area contributed by atoms with E-state index in [4.69, 9.17) is 14.4 Å². The van der Waals surface area contributed by atoms with Gasteiger partial charge in [0.2, 0.25) is 6.29 Å². The molecule has 8 heavy (non-hydrogen) atoms. The van der Waals surface area contributed by atoms with Gasteiger partial charge in [0.05, 0.1) is 6.61 Å². The highest BCUT2D eigenvalue weighted by Crippen LogP contribution is 2.20. The van der Waals surface area contributed by atoms with Crippen LogP contribution in [0.2, 0.25) is 0 Å². The highest BCUT2D eigenvalue weighted by Gasteiger charge is 2.35. The van der Waals surface area contributed by atoms with Crippen LogP contribution in [0.3, 0.4) is 0 Å². The Morgan fingerprint density at radius 3 is 3.25 bits per heavy atom. The lowest BCUT2D eigenvalue weighted by molar-refractivity contribution is -0.157. The van der Waals surface area contributed by atoms with Gasteiger partial charge < -0.3 is 4.74 Å². The number of hydrogen-bond acceptors (Lipinski definition) is 4. The van der Waals surface area contributed by atoms with Crippen LogP contribution in [0.25, 0.3) is 0 Å². The average Bonchev–Trinajstić information content (AvgIpc) is 2.15. The summed E-state index contributed by atoms with van der Waals surface area (Å²) in [5.74, 6) is 0. The minimum absolute atomic E-state index is 0.120. The summed E-state index contributed by atoms with van der Waals surface area (Å²) in [6, 6.07) is 0. The van der Waals surface area contributed by atoms with Crippen molar-refractivity contribution < 1.29 is 14.4 Å². The van der Waals surface area contributed by atoms with E-state index in [1.165, 1.54) is 0 Å². The van der Waals surface area contributed by atoms with Crippen molar-refractivity contribution >= 4 is 0 Å². The normalized spacial score (nSPS) is 45.0. The summed E-state index contributed by atoms with van der Waals surface area (Å²) in [5.41, 5.74) is 2.30. The molecule has 2 aliphatic rings. The maximum absolute atomic E-state index is 5.07. The van der Waals surface area contributed by atoms with Crippen LogP contribution in [0.4, 0.5) is 0 Å². The number of nitrogens with one attached hydrogen (secondary N) is 1. The fourth-order valence-corrected chi connectivity index (χ4v) is 0.905. The first-order valence-electron chi connectivity index (χ1n) is 2.65. The maximum Gasteiger partial charge on any atom is 0.208 e. The van der Waals surface area contributed by atoms with Gasteiger partial charge in [-0.15, -0.1) is 0 Å². The summed E-state index contributed by atoms with van der Waals surface area (Å²) in [6.45, 7) is 0.747. The lowest BCUT2D eigenvalue weighted by Gasteiger charge is -1.98. The van der Waals surface area contributed by atoms with Gasteiger partial charge in [0, 0.05) is 6.42 Å². The molecule has 0 aromatic heterocycles. The van der Waals surface area contributed by atoms with Crippen LogP contribution in [-0.4, -0.2) is 19.0 Å². The van der Waals surface area contributed by atoms with E-state index < -0.39 is 0 Å². The molecule has 46 valence electrons. The molecule has 4 heteroatoms. The highest BCUT2D eigenvalue weighted by molar-refractivity contribution is 4.69. The quantitative estimate of drug-likeness (QED) is 0.467. The number of fused-ring (bicyclic) bond motifs is 1. The van der Waals surface area contributed by atoms with E-state index in [0.29, 0.717) is 0 Å². The van der Waals surface area contributed by atoms with Gasteiger partial charge in [-0.05, 0) is 0 Å². The summed E-state index contributed by atoms with van der Waals surface area (Å²) < 4.78 is 5.07. The van der Waals surface area contributed by atoms with Crippen molar-refractivity contribution in [3.05, 3.63) is 0 Å². The Balaban J connectivity index is 2.04. The van der Waals surface area contributed by atoms with E-state index >= 15 is 0 Å². The predicted octanol–water partition coefficient (Wildman–Crippen LogP) is -0.432. The van der Waals surface area contributed by atoms with Gasteiger partial charge >= 0.3 is 0 Å². The third kappa shape index (κ3) is 0.545. The summed E-state index contributed by atoms with van der Waals surface area (Å²) in [7, 11) is 0. The van der Waals surface area contributed by atoms with E-state index in [1.807, 2.05) is 0 Å². The summed E-state index contributed by atoms with van der Waals surface area (Å²) >= 11 is 0. The zero-order valence-electron chi connectivity index (χ0n) is 4.29. The fourth-order valence-electron chi connectivity index (χ4n) is 0.905. The van der Waals surface area contributed by atoms with Gasteiger partial charge in [0.1, 0.15) is 6.10 Å². The largest absolute Gasteiger partial charge is 0.348 e. The van der Waals surface area contributed by atoms with Crippen molar-refractivity contribution in [2.24, 2.45) is 0 Å². The van der Waals surface area contributed by atoms with E-state index in [9.17, 15) is 0 Å². The Labute approximate surface area is 46.6 Å². The molecule has 2 aliphatic heterocycles. The summed E-state index contributed by atoms with van der Waals surface area (Å²) in [5, 5.41) is 0. The highest BCUT2D eigenvalue weighted by atomic mass is 17.0. The first-order chi connectivity index (χ1) is 3.97. The number of rotatable bonds is 0. The fraction of sp³-hybridized carbons (Fsp3) is 1.00. The van der Waals surface area contributed by atoms with Crippen LogP contribution >= 0.6 is 0 Å². The smallest absolute Gasteiger partial charge is 0.208 e. The SMILES string of the molecule is C1CC2ONOC2O1. The second kappa shape index (κ2) is 1.66. The van der Waals surface area contributed by atoms with Crippen LogP contribution in [-0.2, 0) is 14.4 Å². The first-order valence-corrected chi connectivity index (χ1v) is 2.65. The Kier molecular flexibility index (Phi) is 0.976. The third-order valence-corrected chi connectivity index (χ3v) is 1.35. The Hall–Kier alpha value is -0.160. The Morgan fingerprint density at radius 2 is 2.38 bits per heavy atom. The summed E-state index contributed by atoms with van der Waals surface area (Å²) in [6.07, 6.45) is 0.891. The van der Waals surface area contributed by atoms with Crippen molar-refractivity contribution in [2.45, 2.75) is 18.8 Å². The molecular weight excluding hydrogens is 110 g/mol.